The second-order valence-corrected chi connectivity index (χ2v) is 11.7. The number of carboxylic acid groups (broad SMARTS) is 4. The van der Waals surface area contributed by atoms with Gasteiger partial charge in [-0.15, -0.1) is 0 Å². The molecule has 14 nitrogen and oxygen atoms in total. The Labute approximate surface area is 377 Å². The summed E-state index contributed by atoms with van der Waals surface area (Å²) < 4.78 is 0. The van der Waals surface area contributed by atoms with Gasteiger partial charge in [-0.3, -0.25) is 0 Å². The van der Waals surface area contributed by atoms with Gasteiger partial charge in [0.15, 0.2) is 0 Å². The number of nitrogens with two attached hydrogens (primary N) is 6. The molecule has 0 heterocycles. The van der Waals surface area contributed by atoms with Crippen molar-refractivity contribution in [2.45, 2.75) is 27.7 Å². The summed E-state index contributed by atoms with van der Waals surface area (Å²) >= 11 is 0. The monoisotopic (exact) mass is 1000 g/mol. The van der Waals surface area contributed by atoms with E-state index >= 15 is 0 Å². The van der Waals surface area contributed by atoms with Crippen LogP contribution in [0.4, 0.5) is 34.1 Å². The minimum atomic E-state index is -1.08. The van der Waals surface area contributed by atoms with E-state index < -0.39 is 23.9 Å². The summed E-state index contributed by atoms with van der Waals surface area (Å²) in [5.41, 5.74) is 45.3. The minimum absolute atomic E-state index is 0. The van der Waals surface area contributed by atoms with E-state index in [0.29, 0.717) is 0 Å². The molecule has 0 bridgehead atoms. The van der Waals surface area contributed by atoms with E-state index in [2.05, 4.69) is 0 Å². The van der Waals surface area contributed by atoms with E-state index in [0.717, 1.165) is 95.2 Å². The van der Waals surface area contributed by atoms with Crippen LogP contribution in [0, 0.1) is 0 Å². The number of aliphatic carboxylic acids is 4. The van der Waals surface area contributed by atoms with Crippen molar-refractivity contribution in [3.63, 3.8) is 0 Å². The molecule has 0 amide bonds. The summed E-state index contributed by atoms with van der Waals surface area (Å²) in [6.45, 7) is 3.89. The smallest absolute Gasteiger partial charge is 0.550 e. The van der Waals surface area contributed by atoms with Gasteiger partial charge in [0.25, 0.3) is 0 Å². The summed E-state index contributed by atoms with van der Waals surface area (Å²) in [4.78, 5) is 35.6. The number of carbonyl (C=O) groups excluding carboxylic acids is 4. The van der Waals surface area contributed by atoms with Gasteiger partial charge in [-0.05, 0) is 134 Å². The molecule has 0 saturated carbocycles. The predicted octanol–water partition coefficient (Wildman–Crippen LogP) is 2.57. The van der Waals surface area contributed by atoms with E-state index in [1.165, 1.54) is 0 Å². The zero-order chi connectivity index (χ0) is 44.2. The summed E-state index contributed by atoms with van der Waals surface area (Å²) in [5, 5.41) is 35.6. The summed E-state index contributed by atoms with van der Waals surface area (Å²) in [6.07, 6.45) is 0. The first-order chi connectivity index (χ1) is 27.2. The Bertz CT molecular complexity index is 1700. The fraction of sp³-hybridized carbons (Fsp3) is 0.0909. The van der Waals surface area contributed by atoms with Gasteiger partial charge >= 0.3 is 40.8 Å². The summed E-state index contributed by atoms with van der Waals surface area (Å²) in [6, 6.07) is 46.7. The van der Waals surface area contributed by atoms with Crippen LogP contribution < -0.4 is 54.8 Å². The second kappa shape index (κ2) is 32.3. The number of hydrogen-bond acceptors (Lipinski definition) is 14. The average Bonchev–Trinajstić information content (AvgIpc) is 3.14. The van der Waals surface area contributed by atoms with Gasteiger partial charge < -0.3 is 74.0 Å². The fourth-order valence-electron chi connectivity index (χ4n) is 4.05. The first-order valence-electron chi connectivity index (χ1n) is 17.0. The number of rotatable bonds is 3. The number of nitrogen functional groups attached to an aromatic ring is 6. The Hall–Kier alpha value is -6.68. The Morgan fingerprint density at radius 2 is 0.333 bits per heavy atom. The van der Waals surface area contributed by atoms with Gasteiger partial charge in [0.1, 0.15) is 0 Å². The van der Waals surface area contributed by atoms with Crippen molar-refractivity contribution >= 4 is 58.0 Å². The van der Waals surface area contributed by atoms with Crippen molar-refractivity contribution in [3.8, 4) is 33.4 Å². The summed E-state index contributed by atoms with van der Waals surface area (Å²) in [5.74, 6) is -4.33. The molecule has 0 spiro atoms. The first-order valence-corrected chi connectivity index (χ1v) is 17.0. The molecule has 0 radical (unpaired) electrons. The maximum atomic E-state index is 8.89. The van der Waals surface area contributed by atoms with Gasteiger partial charge in [0.2, 0.25) is 0 Å². The van der Waals surface area contributed by atoms with E-state index in [1.807, 2.05) is 146 Å². The third kappa shape index (κ3) is 30.5. The van der Waals surface area contributed by atoms with Crippen LogP contribution in [-0.2, 0) is 60.0 Å². The molecule has 6 aromatic carbocycles. The third-order valence-electron chi connectivity index (χ3n) is 6.46. The Balaban J connectivity index is -0.000000680. The largest absolute Gasteiger partial charge is 2.00 e. The first kappa shape index (κ1) is 57.6. The molecule has 0 saturated heterocycles. The molecule has 0 aliphatic carbocycles. The predicted molar refractivity (Wildman–Crippen MR) is 225 cm³/mol. The number of carbonyl (C=O) groups is 4. The van der Waals surface area contributed by atoms with Crippen LogP contribution in [0.2, 0.25) is 0 Å². The molecule has 322 valence electrons. The third-order valence-corrected chi connectivity index (χ3v) is 6.46. The van der Waals surface area contributed by atoms with Gasteiger partial charge in [0, 0.05) is 58.0 Å². The van der Waals surface area contributed by atoms with E-state index in [4.69, 9.17) is 74.0 Å². The minimum Gasteiger partial charge on any atom is -0.550 e. The van der Waals surface area contributed by atoms with E-state index in [1.54, 1.807) is 0 Å². The van der Waals surface area contributed by atoms with Crippen molar-refractivity contribution in [2.75, 3.05) is 34.4 Å². The number of carboxylic acids is 4. The van der Waals surface area contributed by atoms with Crippen molar-refractivity contribution in [2.24, 2.45) is 0 Å². The Morgan fingerprint density at radius 1 is 0.267 bits per heavy atom. The molecule has 0 aromatic heterocycles. The van der Waals surface area contributed by atoms with Crippen LogP contribution in [0.15, 0.2) is 146 Å². The van der Waals surface area contributed by atoms with E-state index in [9.17, 15) is 0 Å². The van der Waals surface area contributed by atoms with Crippen LogP contribution in [-0.4, -0.2) is 23.9 Å². The number of benzene rings is 6. The van der Waals surface area contributed by atoms with Crippen molar-refractivity contribution in [1.29, 1.82) is 0 Å². The van der Waals surface area contributed by atoms with Crippen molar-refractivity contribution in [3.05, 3.63) is 146 Å². The topological polar surface area (TPSA) is 317 Å². The molecule has 0 fully saturated rings. The molecule has 16 heteroatoms. The Kier molecular flexibility index (Phi) is 31.0. The molecule has 60 heavy (non-hydrogen) atoms. The van der Waals surface area contributed by atoms with Crippen LogP contribution >= 0.6 is 0 Å². The zero-order valence-electron chi connectivity index (χ0n) is 33.2. The molecular weight excluding hydrogens is 953 g/mol. The molecule has 6 rings (SSSR count). The van der Waals surface area contributed by atoms with Crippen molar-refractivity contribution in [1.82, 2.24) is 0 Å². The normalized spacial score (nSPS) is 8.67. The molecular formula is C44H48N6O8Pd2. The Morgan fingerprint density at radius 3 is 0.400 bits per heavy atom. The molecule has 12 N–H and O–H groups in total. The van der Waals surface area contributed by atoms with Gasteiger partial charge in [-0.25, -0.2) is 0 Å². The molecule has 6 aromatic rings. The summed E-state index contributed by atoms with van der Waals surface area (Å²) in [7, 11) is 0. The molecule has 0 atom stereocenters. The van der Waals surface area contributed by atoms with E-state index in [-0.39, 0.29) is 40.8 Å². The van der Waals surface area contributed by atoms with Gasteiger partial charge in [-0.1, -0.05) is 72.8 Å². The number of anilines is 6. The molecule has 0 aliphatic rings. The standard InChI is InChI=1S/3C12H12N2.4C2H4O2.2Pd/c3*13-11-5-1-9(2-6-11)10-3-7-12(14)8-4-10;4*1-2(3)4;;/h3*1-8H,13-14H2;4*1H3,(H,3,4);;/q;;;;;;;2*+2/p-4. The SMILES string of the molecule is CC(=O)[O-].CC(=O)[O-].CC(=O)[O-].CC(=O)[O-].Nc1ccc(-c2ccc(N)cc2)cc1.Nc1ccc(-c2ccc(N)cc2)cc1.Nc1ccc(-c2ccc(N)cc2)cc1.[Pd+2].[Pd+2]. The zero-order valence-corrected chi connectivity index (χ0v) is 36.3. The quantitative estimate of drug-likeness (QED) is 0.110. The van der Waals surface area contributed by atoms with Gasteiger partial charge in [-0.2, -0.15) is 0 Å². The van der Waals surface area contributed by atoms with Crippen LogP contribution in [0.3, 0.4) is 0 Å². The molecule has 0 unspecified atom stereocenters. The van der Waals surface area contributed by atoms with Crippen LogP contribution in [0.5, 0.6) is 0 Å². The van der Waals surface area contributed by atoms with Crippen LogP contribution in [0.25, 0.3) is 33.4 Å². The maximum absolute atomic E-state index is 8.89. The van der Waals surface area contributed by atoms with Crippen molar-refractivity contribution < 1.29 is 80.4 Å². The second-order valence-electron chi connectivity index (χ2n) is 11.7. The molecule has 0 aliphatic heterocycles. The van der Waals surface area contributed by atoms with Gasteiger partial charge in [0.05, 0.1) is 0 Å². The van der Waals surface area contributed by atoms with Crippen LogP contribution in [0.1, 0.15) is 27.7 Å². The fourth-order valence-corrected chi connectivity index (χ4v) is 4.05. The number of hydrogen-bond donors (Lipinski definition) is 6. The average molecular weight is 1000 g/mol. The maximum Gasteiger partial charge on any atom is 2.00 e.